The molecule has 1 amide bonds. The first-order chi connectivity index (χ1) is 14.6. The number of furan rings is 1. The Morgan fingerprint density at radius 1 is 1.13 bits per heavy atom. The highest BCUT2D eigenvalue weighted by atomic mass is 16.4. The van der Waals surface area contributed by atoms with E-state index in [2.05, 4.69) is 10.2 Å². The van der Waals surface area contributed by atoms with Gasteiger partial charge in [-0.15, -0.1) is 10.2 Å². The summed E-state index contributed by atoms with van der Waals surface area (Å²) in [6.45, 7) is 3.07. The molecule has 0 N–H and O–H groups in total. The maximum atomic E-state index is 12.9. The van der Waals surface area contributed by atoms with Crippen LogP contribution in [0, 0.1) is 0 Å². The normalized spacial score (nSPS) is 11.3. The standard InChI is InChI=1S/C21H23N5O4/c1-3-11-25(14-18-22-23-20(30-18)17-9-6-13-29-17)19(27)10-12-26-16-8-5-4-7-15(16)24(2)21(26)28/h4-9,13H,3,10-12,14H2,1-2H3. The number of para-hydroxylation sites is 2. The monoisotopic (exact) mass is 409 g/mol. The molecule has 4 rings (SSSR count). The van der Waals surface area contributed by atoms with Crippen molar-refractivity contribution in [3.05, 3.63) is 59.0 Å². The number of benzene rings is 1. The second-order valence-corrected chi connectivity index (χ2v) is 7.03. The van der Waals surface area contributed by atoms with Crippen molar-refractivity contribution in [3.8, 4) is 11.7 Å². The van der Waals surface area contributed by atoms with Gasteiger partial charge in [-0.1, -0.05) is 19.1 Å². The molecule has 0 radical (unpaired) electrons. The maximum absolute atomic E-state index is 12.9. The number of aromatic nitrogens is 4. The van der Waals surface area contributed by atoms with Crippen LogP contribution >= 0.6 is 0 Å². The van der Waals surface area contributed by atoms with E-state index < -0.39 is 0 Å². The minimum absolute atomic E-state index is 0.0746. The maximum Gasteiger partial charge on any atom is 0.328 e. The first-order valence-corrected chi connectivity index (χ1v) is 9.86. The Hall–Kier alpha value is -3.62. The molecule has 0 aliphatic heterocycles. The number of carbonyl (C=O) groups excluding carboxylic acids is 1. The largest absolute Gasteiger partial charge is 0.459 e. The fraction of sp³-hybridized carbons (Fsp3) is 0.333. The molecular weight excluding hydrogens is 386 g/mol. The highest BCUT2D eigenvalue weighted by molar-refractivity contribution is 5.78. The van der Waals surface area contributed by atoms with Crippen LogP contribution in [-0.4, -0.2) is 36.7 Å². The van der Waals surface area contributed by atoms with E-state index in [9.17, 15) is 9.59 Å². The highest BCUT2D eigenvalue weighted by Crippen LogP contribution is 2.19. The van der Waals surface area contributed by atoms with E-state index in [1.54, 1.807) is 33.2 Å². The molecule has 0 fully saturated rings. The predicted octanol–water partition coefficient (Wildman–Crippen LogP) is 2.81. The van der Waals surface area contributed by atoms with Crippen molar-refractivity contribution in [3.63, 3.8) is 0 Å². The second-order valence-electron chi connectivity index (χ2n) is 7.03. The van der Waals surface area contributed by atoms with Crippen molar-refractivity contribution < 1.29 is 13.6 Å². The van der Waals surface area contributed by atoms with Crippen molar-refractivity contribution in [1.29, 1.82) is 0 Å². The van der Waals surface area contributed by atoms with Crippen LogP contribution in [0.3, 0.4) is 0 Å². The zero-order chi connectivity index (χ0) is 21.1. The van der Waals surface area contributed by atoms with E-state index >= 15 is 0 Å². The molecule has 3 aromatic heterocycles. The number of nitrogens with zero attached hydrogens (tertiary/aromatic N) is 5. The third kappa shape index (κ3) is 3.78. The first-order valence-electron chi connectivity index (χ1n) is 9.86. The minimum atomic E-state index is -0.133. The van der Waals surface area contributed by atoms with Gasteiger partial charge in [-0.3, -0.25) is 13.9 Å². The summed E-state index contributed by atoms with van der Waals surface area (Å²) in [5.74, 6) is 1.03. The van der Waals surface area contributed by atoms with E-state index in [-0.39, 0.29) is 30.5 Å². The summed E-state index contributed by atoms with van der Waals surface area (Å²) in [5.41, 5.74) is 1.53. The summed E-state index contributed by atoms with van der Waals surface area (Å²) in [6.07, 6.45) is 2.52. The zero-order valence-electron chi connectivity index (χ0n) is 16.9. The number of amides is 1. The smallest absolute Gasteiger partial charge is 0.328 e. The van der Waals surface area contributed by atoms with Crippen LogP contribution in [0.4, 0.5) is 0 Å². The third-order valence-corrected chi connectivity index (χ3v) is 4.97. The molecule has 0 saturated carbocycles. The first kappa shape index (κ1) is 19.7. The molecule has 30 heavy (non-hydrogen) atoms. The SMILES string of the molecule is CCCN(Cc1nnc(-c2ccco2)o1)C(=O)CCn1c(=O)n(C)c2ccccc21. The molecule has 0 aliphatic rings. The fourth-order valence-corrected chi connectivity index (χ4v) is 3.49. The number of hydrogen-bond donors (Lipinski definition) is 0. The number of fused-ring (bicyclic) bond motifs is 1. The van der Waals surface area contributed by atoms with Gasteiger partial charge in [0.2, 0.25) is 11.8 Å². The lowest BCUT2D eigenvalue weighted by molar-refractivity contribution is -0.132. The van der Waals surface area contributed by atoms with Gasteiger partial charge in [-0.25, -0.2) is 4.79 Å². The Balaban J connectivity index is 1.47. The van der Waals surface area contributed by atoms with Crippen LogP contribution in [-0.2, 0) is 24.9 Å². The van der Waals surface area contributed by atoms with Crippen molar-refractivity contribution in [2.45, 2.75) is 32.9 Å². The van der Waals surface area contributed by atoms with E-state index in [0.717, 1.165) is 17.5 Å². The Bertz CT molecular complexity index is 1200. The zero-order valence-corrected chi connectivity index (χ0v) is 16.9. The quantitative estimate of drug-likeness (QED) is 0.444. The summed E-state index contributed by atoms with van der Waals surface area (Å²) in [7, 11) is 1.73. The average molecular weight is 409 g/mol. The van der Waals surface area contributed by atoms with Crippen LogP contribution in [0.15, 0.2) is 56.3 Å². The third-order valence-electron chi connectivity index (χ3n) is 4.97. The van der Waals surface area contributed by atoms with Crippen LogP contribution in [0.5, 0.6) is 0 Å². The lowest BCUT2D eigenvalue weighted by atomic mass is 10.3. The van der Waals surface area contributed by atoms with Gasteiger partial charge < -0.3 is 13.7 Å². The van der Waals surface area contributed by atoms with Gasteiger partial charge in [0.05, 0.1) is 23.8 Å². The molecule has 1 aromatic carbocycles. The summed E-state index contributed by atoms with van der Waals surface area (Å²) < 4.78 is 14.1. The molecule has 0 aliphatic carbocycles. The molecule has 4 aromatic rings. The minimum Gasteiger partial charge on any atom is -0.459 e. The van der Waals surface area contributed by atoms with Crippen molar-refractivity contribution in [2.24, 2.45) is 7.05 Å². The van der Waals surface area contributed by atoms with E-state index in [4.69, 9.17) is 8.83 Å². The molecular formula is C21H23N5O4. The molecule has 9 nitrogen and oxygen atoms in total. The predicted molar refractivity (Wildman–Crippen MR) is 110 cm³/mol. The van der Waals surface area contributed by atoms with Crippen molar-refractivity contribution in [2.75, 3.05) is 6.54 Å². The molecule has 0 spiro atoms. The van der Waals surface area contributed by atoms with Crippen molar-refractivity contribution in [1.82, 2.24) is 24.2 Å². The summed E-state index contributed by atoms with van der Waals surface area (Å²) in [4.78, 5) is 27.1. The number of imidazole rings is 1. The number of hydrogen-bond acceptors (Lipinski definition) is 6. The van der Waals surface area contributed by atoms with E-state index in [1.807, 2.05) is 31.2 Å². The molecule has 0 unspecified atom stereocenters. The number of rotatable bonds is 8. The fourth-order valence-electron chi connectivity index (χ4n) is 3.49. The van der Waals surface area contributed by atoms with E-state index in [0.29, 0.717) is 24.7 Å². The Kier molecular flexibility index (Phi) is 5.51. The van der Waals surface area contributed by atoms with Crippen molar-refractivity contribution >= 4 is 16.9 Å². The summed E-state index contributed by atoms with van der Waals surface area (Å²) >= 11 is 0. The van der Waals surface area contributed by atoms with Gasteiger partial charge in [0.25, 0.3) is 5.89 Å². The highest BCUT2D eigenvalue weighted by Gasteiger charge is 2.19. The van der Waals surface area contributed by atoms with Crippen LogP contribution < -0.4 is 5.69 Å². The molecule has 0 saturated heterocycles. The van der Waals surface area contributed by atoms with Gasteiger partial charge in [-0.2, -0.15) is 0 Å². The Labute approximate surface area is 172 Å². The molecule has 0 bridgehead atoms. The van der Waals surface area contributed by atoms with Gasteiger partial charge in [-0.05, 0) is 30.7 Å². The van der Waals surface area contributed by atoms with Gasteiger partial charge in [0, 0.05) is 26.6 Å². The Morgan fingerprint density at radius 2 is 1.93 bits per heavy atom. The Morgan fingerprint density at radius 3 is 2.67 bits per heavy atom. The van der Waals surface area contributed by atoms with Gasteiger partial charge in [0.15, 0.2) is 5.76 Å². The van der Waals surface area contributed by atoms with Gasteiger partial charge >= 0.3 is 5.69 Å². The average Bonchev–Trinajstić information content (AvgIpc) is 3.48. The van der Waals surface area contributed by atoms with Crippen LogP contribution in [0.25, 0.3) is 22.7 Å². The lowest BCUT2D eigenvalue weighted by Crippen LogP contribution is -2.33. The molecule has 3 heterocycles. The van der Waals surface area contributed by atoms with E-state index in [1.165, 1.54) is 6.26 Å². The molecule has 0 atom stereocenters. The summed E-state index contributed by atoms with van der Waals surface area (Å²) in [6, 6.07) is 11.0. The second kappa shape index (κ2) is 8.40. The van der Waals surface area contributed by atoms with Crippen LogP contribution in [0.2, 0.25) is 0 Å². The van der Waals surface area contributed by atoms with Crippen LogP contribution in [0.1, 0.15) is 25.7 Å². The lowest BCUT2D eigenvalue weighted by Gasteiger charge is -2.20. The topological polar surface area (TPSA) is 99.3 Å². The molecule has 9 heteroatoms. The molecule has 156 valence electrons. The summed E-state index contributed by atoms with van der Waals surface area (Å²) in [5, 5.41) is 8.00. The number of carbonyl (C=O) groups is 1. The van der Waals surface area contributed by atoms with Gasteiger partial charge in [0.1, 0.15) is 0 Å². The number of aryl methyl sites for hydroxylation is 2.